The van der Waals surface area contributed by atoms with E-state index in [-0.39, 0.29) is 12.5 Å². The molecule has 3 heterocycles. The summed E-state index contributed by atoms with van der Waals surface area (Å²) in [6, 6.07) is 10.8. The fourth-order valence-corrected chi connectivity index (χ4v) is 3.32. The number of nitrogens with zero attached hydrogens (tertiary/aromatic N) is 3. The van der Waals surface area contributed by atoms with Crippen LogP contribution in [0.15, 0.2) is 45.6 Å². The van der Waals surface area contributed by atoms with Gasteiger partial charge in [-0.15, -0.1) is 0 Å². The molecule has 0 saturated carbocycles. The lowest BCUT2D eigenvalue weighted by Crippen LogP contribution is -2.39. The van der Waals surface area contributed by atoms with Gasteiger partial charge in [0.05, 0.1) is 17.8 Å². The molecule has 0 unspecified atom stereocenters. The normalized spacial score (nSPS) is 13.5. The average molecular weight is 383 g/mol. The van der Waals surface area contributed by atoms with Gasteiger partial charge in [0.1, 0.15) is 13.2 Å². The minimum Gasteiger partial charge on any atom is -0.475 e. The number of fused-ring (bicyclic) bond motifs is 2. The lowest BCUT2D eigenvalue weighted by molar-refractivity contribution is -0.132. The van der Waals surface area contributed by atoms with Gasteiger partial charge in [0.15, 0.2) is 5.58 Å². The molecule has 0 fully saturated rings. The molecule has 0 aliphatic carbocycles. The Morgan fingerprint density at radius 2 is 2.07 bits per heavy atom. The lowest BCUT2D eigenvalue weighted by atomic mass is 10.1. The Labute approximate surface area is 161 Å². The summed E-state index contributed by atoms with van der Waals surface area (Å²) >= 11 is 0. The number of amides is 1. The van der Waals surface area contributed by atoms with Gasteiger partial charge in [-0.25, -0.2) is 9.78 Å². The van der Waals surface area contributed by atoms with Gasteiger partial charge in [-0.05, 0) is 17.7 Å². The third-order valence-electron chi connectivity index (χ3n) is 4.78. The number of hydrogen-bond acceptors (Lipinski definition) is 6. The maximum atomic E-state index is 12.8. The van der Waals surface area contributed by atoms with Crippen molar-refractivity contribution in [2.75, 3.05) is 26.9 Å². The largest absolute Gasteiger partial charge is 0.475 e. The Hall–Kier alpha value is -3.13. The van der Waals surface area contributed by atoms with Crippen LogP contribution in [-0.2, 0) is 29.0 Å². The second-order valence-corrected chi connectivity index (χ2v) is 6.58. The lowest BCUT2D eigenvalue weighted by Gasteiger charge is -2.28. The van der Waals surface area contributed by atoms with Gasteiger partial charge >= 0.3 is 5.76 Å². The van der Waals surface area contributed by atoms with E-state index in [9.17, 15) is 9.59 Å². The number of carbonyl (C=O) groups is 1. The van der Waals surface area contributed by atoms with E-state index in [2.05, 4.69) is 4.98 Å². The van der Waals surface area contributed by atoms with Crippen LogP contribution in [0.3, 0.4) is 0 Å². The third kappa shape index (κ3) is 3.63. The van der Waals surface area contributed by atoms with Crippen LogP contribution >= 0.6 is 0 Å². The summed E-state index contributed by atoms with van der Waals surface area (Å²) in [7, 11) is 1.62. The van der Waals surface area contributed by atoms with Crippen LogP contribution in [0.2, 0.25) is 0 Å². The molecule has 0 saturated heterocycles. The fraction of sp³-hybridized carbons (Fsp3) is 0.350. The second kappa shape index (κ2) is 7.85. The zero-order valence-electron chi connectivity index (χ0n) is 15.6. The first kappa shape index (κ1) is 18.2. The van der Waals surface area contributed by atoms with Crippen molar-refractivity contribution < 1.29 is 18.7 Å². The summed E-state index contributed by atoms with van der Waals surface area (Å²) in [5, 5.41) is 0. The number of methoxy groups -OCH3 is 1. The van der Waals surface area contributed by atoms with E-state index in [4.69, 9.17) is 13.9 Å². The van der Waals surface area contributed by atoms with Crippen LogP contribution in [0, 0.1) is 0 Å². The molecule has 0 atom stereocenters. The molecular formula is C20H21N3O5. The number of pyridine rings is 1. The van der Waals surface area contributed by atoms with Gasteiger partial charge in [-0.3, -0.25) is 9.36 Å². The van der Waals surface area contributed by atoms with Crippen molar-refractivity contribution in [3.63, 3.8) is 0 Å². The summed E-state index contributed by atoms with van der Waals surface area (Å²) in [5.74, 6) is -0.0850. The molecule has 0 spiro atoms. The molecule has 0 radical (unpaired) electrons. The molecule has 8 nitrogen and oxygen atoms in total. The molecule has 1 aliphatic heterocycles. The predicted octanol–water partition coefficient (Wildman–Crippen LogP) is 1.60. The molecule has 3 aromatic rings. The van der Waals surface area contributed by atoms with Crippen LogP contribution in [0.1, 0.15) is 11.3 Å². The third-order valence-corrected chi connectivity index (χ3v) is 4.78. The maximum Gasteiger partial charge on any atom is 0.420 e. The topological polar surface area (TPSA) is 86.8 Å². The van der Waals surface area contributed by atoms with Crippen LogP contribution in [0.5, 0.6) is 5.88 Å². The van der Waals surface area contributed by atoms with Crippen LogP contribution in [0.25, 0.3) is 11.1 Å². The number of rotatable bonds is 6. The Morgan fingerprint density at radius 3 is 2.93 bits per heavy atom. The van der Waals surface area contributed by atoms with Crippen molar-refractivity contribution in [2.24, 2.45) is 0 Å². The van der Waals surface area contributed by atoms with E-state index in [0.29, 0.717) is 49.7 Å². The monoisotopic (exact) mass is 383 g/mol. The van der Waals surface area contributed by atoms with E-state index in [1.165, 1.54) is 4.57 Å². The molecule has 2 aromatic heterocycles. The number of carbonyl (C=O) groups excluding carboxylic acids is 1. The van der Waals surface area contributed by atoms with E-state index in [0.717, 1.165) is 11.3 Å². The highest BCUT2D eigenvalue weighted by molar-refractivity contribution is 5.79. The summed E-state index contributed by atoms with van der Waals surface area (Å²) < 4.78 is 17.1. The van der Waals surface area contributed by atoms with Gasteiger partial charge in [0.2, 0.25) is 11.8 Å². The zero-order valence-corrected chi connectivity index (χ0v) is 15.6. The summed E-state index contributed by atoms with van der Waals surface area (Å²) in [6.07, 6.45) is 0.642. The molecule has 8 heteroatoms. The Bertz CT molecular complexity index is 1060. The number of para-hydroxylation sites is 2. The number of oxazole rings is 1. The highest BCUT2D eigenvalue weighted by Gasteiger charge is 2.23. The summed E-state index contributed by atoms with van der Waals surface area (Å²) in [4.78, 5) is 31.1. The van der Waals surface area contributed by atoms with Gasteiger partial charge in [-0.2, -0.15) is 0 Å². The maximum absolute atomic E-state index is 12.8. The van der Waals surface area contributed by atoms with E-state index in [1.807, 2.05) is 12.1 Å². The van der Waals surface area contributed by atoms with Crippen LogP contribution < -0.4 is 10.5 Å². The van der Waals surface area contributed by atoms with Crippen molar-refractivity contribution in [1.82, 2.24) is 14.5 Å². The molecule has 0 N–H and O–H groups in total. The number of ether oxygens (including phenoxy) is 2. The predicted molar refractivity (Wildman–Crippen MR) is 101 cm³/mol. The Kier molecular flexibility index (Phi) is 5.12. The first-order chi connectivity index (χ1) is 13.7. The summed E-state index contributed by atoms with van der Waals surface area (Å²) in [5.41, 5.74) is 3.03. The van der Waals surface area contributed by atoms with Crippen molar-refractivity contribution in [1.29, 1.82) is 0 Å². The minimum atomic E-state index is -0.522. The van der Waals surface area contributed by atoms with Crippen molar-refractivity contribution in [2.45, 2.75) is 19.5 Å². The van der Waals surface area contributed by atoms with E-state index in [1.54, 1.807) is 36.3 Å². The zero-order chi connectivity index (χ0) is 19.5. The van der Waals surface area contributed by atoms with Gasteiger partial charge < -0.3 is 18.8 Å². The smallest absolute Gasteiger partial charge is 0.420 e. The Morgan fingerprint density at radius 1 is 1.21 bits per heavy atom. The van der Waals surface area contributed by atoms with Crippen molar-refractivity contribution in [3.05, 3.63) is 58.2 Å². The molecular weight excluding hydrogens is 362 g/mol. The standard InChI is InChI=1S/C20H21N3O5/c1-26-10-11-27-18-7-6-14-12-22(9-8-15(14)21-18)19(24)13-23-16-4-2-3-5-17(16)28-20(23)25/h2-7H,8-13H2,1H3. The van der Waals surface area contributed by atoms with Crippen LogP contribution in [0.4, 0.5) is 0 Å². The number of benzene rings is 1. The quantitative estimate of drug-likeness (QED) is 0.601. The minimum absolute atomic E-state index is 0.0448. The van der Waals surface area contributed by atoms with E-state index >= 15 is 0 Å². The molecule has 4 rings (SSSR count). The first-order valence-electron chi connectivity index (χ1n) is 9.12. The number of hydrogen-bond donors (Lipinski definition) is 0. The molecule has 0 bridgehead atoms. The fourth-order valence-electron chi connectivity index (χ4n) is 3.32. The molecule has 1 aliphatic rings. The van der Waals surface area contributed by atoms with Crippen molar-refractivity contribution >= 4 is 17.0 Å². The van der Waals surface area contributed by atoms with Gasteiger partial charge in [0.25, 0.3) is 0 Å². The van der Waals surface area contributed by atoms with Gasteiger partial charge in [-0.1, -0.05) is 18.2 Å². The molecule has 28 heavy (non-hydrogen) atoms. The van der Waals surface area contributed by atoms with Crippen molar-refractivity contribution in [3.8, 4) is 5.88 Å². The number of aromatic nitrogens is 2. The Balaban J connectivity index is 1.46. The second-order valence-electron chi connectivity index (χ2n) is 6.58. The molecule has 1 aromatic carbocycles. The van der Waals surface area contributed by atoms with E-state index < -0.39 is 5.76 Å². The first-order valence-corrected chi connectivity index (χ1v) is 9.12. The summed E-state index contributed by atoms with van der Waals surface area (Å²) in [6.45, 7) is 1.91. The average Bonchev–Trinajstić information content (AvgIpc) is 3.03. The van der Waals surface area contributed by atoms with Crippen LogP contribution in [-0.4, -0.2) is 47.2 Å². The highest BCUT2D eigenvalue weighted by atomic mass is 16.5. The van der Waals surface area contributed by atoms with Gasteiger partial charge in [0, 0.05) is 32.7 Å². The highest BCUT2D eigenvalue weighted by Crippen LogP contribution is 2.21. The molecule has 146 valence electrons. The SMILES string of the molecule is COCCOc1ccc2c(n1)CCN(C(=O)Cn1c(=O)oc3ccccc31)C2. The molecule has 1 amide bonds.